The van der Waals surface area contributed by atoms with Crippen molar-refractivity contribution in [2.24, 2.45) is 5.92 Å². The number of nitrogens with one attached hydrogen (secondary N) is 1. The number of carbonyl (C=O) groups is 1. The van der Waals surface area contributed by atoms with Crippen molar-refractivity contribution in [1.29, 1.82) is 0 Å². The molecule has 1 N–H and O–H groups in total. The van der Waals surface area contributed by atoms with Crippen LogP contribution < -0.4 is 5.32 Å². The van der Waals surface area contributed by atoms with Crippen molar-refractivity contribution in [2.45, 2.75) is 38.6 Å². The number of rotatable bonds is 2. The maximum atomic E-state index is 13.0. The first-order chi connectivity index (χ1) is 11.2. The molecule has 3 aliphatic rings. The summed E-state index contributed by atoms with van der Waals surface area (Å²) in [6, 6.07) is 0.565. The average molecular weight is 334 g/mol. The predicted octanol–water partition coefficient (Wildman–Crippen LogP) is 1.99. The molecule has 4 nitrogen and oxygen atoms in total. The fourth-order valence-electron chi connectivity index (χ4n) is 4.30. The molecule has 23 heavy (non-hydrogen) atoms. The first-order valence-corrected chi connectivity index (χ1v) is 9.93. The number of likely N-dealkylation sites (tertiary alicyclic amines) is 1. The Labute approximate surface area is 142 Å². The number of fused-ring (bicyclic) bond motifs is 1. The summed E-state index contributed by atoms with van der Waals surface area (Å²) in [5, 5.41) is 5.54. The molecule has 0 spiro atoms. The van der Waals surface area contributed by atoms with Crippen molar-refractivity contribution in [2.75, 3.05) is 39.3 Å². The summed E-state index contributed by atoms with van der Waals surface area (Å²) in [4.78, 5) is 19.1. The van der Waals surface area contributed by atoms with Crippen molar-refractivity contribution >= 4 is 17.2 Å². The van der Waals surface area contributed by atoms with Crippen LogP contribution >= 0.6 is 11.3 Å². The molecule has 0 saturated carbocycles. The summed E-state index contributed by atoms with van der Waals surface area (Å²) in [5.41, 5.74) is 2.38. The maximum Gasteiger partial charge on any atom is 0.255 e. The molecule has 1 aromatic heterocycles. The Morgan fingerprint density at radius 1 is 1.26 bits per heavy atom. The summed E-state index contributed by atoms with van der Waals surface area (Å²) >= 11 is 1.81. The van der Waals surface area contributed by atoms with Gasteiger partial charge in [-0.05, 0) is 37.2 Å². The minimum Gasteiger partial charge on any atom is -0.337 e. The molecule has 2 aliphatic heterocycles. The Bertz CT molecular complexity index is 579. The van der Waals surface area contributed by atoms with Crippen molar-refractivity contribution in [3.05, 3.63) is 21.4 Å². The van der Waals surface area contributed by atoms with Gasteiger partial charge in [0, 0.05) is 55.6 Å². The van der Waals surface area contributed by atoms with Crippen LogP contribution in [0.25, 0.3) is 0 Å². The Balaban J connectivity index is 1.44. The van der Waals surface area contributed by atoms with Gasteiger partial charge in [0.25, 0.3) is 5.91 Å². The lowest BCUT2D eigenvalue weighted by atomic mass is 9.88. The standard InChI is InChI=1S/C18H27N3OS/c1-13-2-3-15-16(12-23-17(15)10-13)18(22)21-7-4-14(11-21)20-8-5-19-6-9-20/h12-14,19H,2-11H2,1H3. The molecule has 0 bridgehead atoms. The number of thiophene rings is 1. The average Bonchev–Trinajstić information content (AvgIpc) is 3.22. The zero-order chi connectivity index (χ0) is 15.8. The van der Waals surface area contributed by atoms with Crippen LogP contribution in [0.2, 0.25) is 0 Å². The molecular formula is C18H27N3OS. The number of piperazine rings is 1. The summed E-state index contributed by atoms with van der Waals surface area (Å²) in [6.45, 7) is 8.58. The summed E-state index contributed by atoms with van der Waals surface area (Å²) < 4.78 is 0. The van der Waals surface area contributed by atoms with Gasteiger partial charge >= 0.3 is 0 Å². The second-order valence-corrected chi connectivity index (χ2v) is 8.34. The van der Waals surface area contributed by atoms with Gasteiger partial charge in [-0.2, -0.15) is 0 Å². The van der Waals surface area contributed by atoms with E-state index in [1.807, 2.05) is 0 Å². The molecule has 0 aromatic carbocycles. The Hall–Kier alpha value is -0.910. The van der Waals surface area contributed by atoms with Crippen LogP contribution in [0.15, 0.2) is 5.38 Å². The number of hydrogen-bond donors (Lipinski definition) is 1. The topological polar surface area (TPSA) is 35.6 Å². The first kappa shape index (κ1) is 15.6. The first-order valence-electron chi connectivity index (χ1n) is 9.05. The highest BCUT2D eigenvalue weighted by Gasteiger charge is 2.33. The van der Waals surface area contributed by atoms with Crippen LogP contribution in [0.1, 0.15) is 40.6 Å². The third-order valence-corrected chi connectivity index (χ3v) is 6.80. The maximum absolute atomic E-state index is 13.0. The van der Waals surface area contributed by atoms with Crippen molar-refractivity contribution in [1.82, 2.24) is 15.1 Å². The highest BCUT2D eigenvalue weighted by Crippen LogP contribution is 2.34. The number of nitrogens with zero attached hydrogens (tertiary/aromatic N) is 2. The third-order valence-electron chi connectivity index (χ3n) is 5.75. The molecule has 1 aliphatic carbocycles. The summed E-state index contributed by atoms with van der Waals surface area (Å²) in [7, 11) is 0. The zero-order valence-electron chi connectivity index (χ0n) is 14.0. The molecule has 5 heteroatoms. The smallest absolute Gasteiger partial charge is 0.255 e. The second-order valence-electron chi connectivity index (χ2n) is 7.38. The molecule has 126 valence electrons. The normalized spacial score (nSPS) is 28.8. The van der Waals surface area contributed by atoms with E-state index in [1.165, 1.54) is 16.9 Å². The fourth-order valence-corrected chi connectivity index (χ4v) is 5.54. The van der Waals surface area contributed by atoms with E-state index in [4.69, 9.17) is 0 Å². The molecular weight excluding hydrogens is 306 g/mol. The van der Waals surface area contributed by atoms with Gasteiger partial charge < -0.3 is 10.2 Å². The lowest BCUT2D eigenvalue weighted by molar-refractivity contribution is 0.0772. The van der Waals surface area contributed by atoms with Crippen LogP contribution in [0.4, 0.5) is 0 Å². The van der Waals surface area contributed by atoms with Gasteiger partial charge in [-0.25, -0.2) is 0 Å². The van der Waals surface area contributed by atoms with E-state index in [9.17, 15) is 4.79 Å². The summed E-state index contributed by atoms with van der Waals surface area (Å²) in [5.74, 6) is 1.06. The van der Waals surface area contributed by atoms with Gasteiger partial charge in [0.2, 0.25) is 0 Å². The Morgan fingerprint density at radius 2 is 2.09 bits per heavy atom. The van der Waals surface area contributed by atoms with Crippen LogP contribution in [0.3, 0.4) is 0 Å². The number of amides is 1. The van der Waals surface area contributed by atoms with Gasteiger partial charge in [-0.15, -0.1) is 11.3 Å². The molecule has 2 saturated heterocycles. The van der Waals surface area contributed by atoms with Crippen molar-refractivity contribution in [3.8, 4) is 0 Å². The van der Waals surface area contributed by atoms with Gasteiger partial charge in [-0.3, -0.25) is 9.69 Å². The quantitative estimate of drug-likeness (QED) is 0.899. The molecule has 1 amide bonds. The van der Waals surface area contributed by atoms with Crippen LogP contribution in [0.5, 0.6) is 0 Å². The van der Waals surface area contributed by atoms with Gasteiger partial charge in [0.05, 0.1) is 5.56 Å². The van der Waals surface area contributed by atoms with Crippen LogP contribution in [0, 0.1) is 5.92 Å². The van der Waals surface area contributed by atoms with E-state index in [1.54, 1.807) is 11.3 Å². The SMILES string of the molecule is CC1CCc2c(C(=O)N3CCC(N4CCNCC4)C3)csc2C1. The van der Waals surface area contributed by atoms with E-state index in [2.05, 4.69) is 27.4 Å². The zero-order valence-corrected chi connectivity index (χ0v) is 14.8. The molecule has 2 unspecified atom stereocenters. The summed E-state index contributed by atoms with van der Waals surface area (Å²) in [6.07, 6.45) is 4.62. The largest absolute Gasteiger partial charge is 0.337 e. The van der Waals surface area contributed by atoms with E-state index >= 15 is 0 Å². The van der Waals surface area contributed by atoms with E-state index < -0.39 is 0 Å². The van der Waals surface area contributed by atoms with E-state index in [0.29, 0.717) is 6.04 Å². The molecule has 4 rings (SSSR count). The molecule has 2 fully saturated rings. The van der Waals surface area contributed by atoms with Gasteiger partial charge in [0.15, 0.2) is 0 Å². The van der Waals surface area contributed by atoms with Crippen LogP contribution in [-0.2, 0) is 12.8 Å². The van der Waals surface area contributed by atoms with Gasteiger partial charge in [-0.1, -0.05) is 6.92 Å². The molecule has 3 heterocycles. The molecule has 2 atom stereocenters. The lowest BCUT2D eigenvalue weighted by Crippen LogP contribution is -2.49. The van der Waals surface area contributed by atoms with Crippen molar-refractivity contribution < 1.29 is 4.79 Å². The lowest BCUT2D eigenvalue weighted by Gasteiger charge is -2.32. The second kappa shape index (κ2) is 6.54. The molecule has 1 aromatic rings. The van der Waals surface area contributed by atoms with E-state index in [0.717, 1.165) is 70.0 Å². The minimum absolute atomic E-state index is 0.287. The van der Waals surface area contributed by atoms with Crippen molar-refractivity contribution in [3.63, 3.8) is 0 Å². The monoisotopic (exact) mass is 333 g/mol. The van der Waals surface area contributed by atoms with Crippen LogP contribution in [-0.4, -0.2) is 61.0 Å². The fraction of sp³-hybridized carbons (Fsp3) is 0.722. The number of hydrogen-bond acceptors (Lipinski definition) is 4. The number of carbonyl (C=O) groups excluding carboxylic acids is 1. The highest BCUT2D eigenvalue weighted by atomic mass is 32.1. The predicted molar refractivity (Wildman–Crippen MR) is 94.3 cm³/mol. The Morgan fingerprint density at radius 3 is 2.91 bits per heavy atom. The highest BCUT2D eigenvalue weighted by molar-refractivity contribution is 7.10. The third kappa shape index (κ3) is 3.06. The Kier molecular flexibility index (Phi) is 4.43. The van der Waals surface area contributed by atoms with E-state index in [-0.39, 0.29) is 5.91 Å². The van der Waals surface area contributed by atoms with Gasteiger partial charge in [0.1, 0.15) is 0 Å². The molecule has 0 radical (unpaired) electrons. The minimum atomic E-state index is 0.287.